The van der Waals surface area contributed by atoms with E-state index in [4.69, 9.17) is 0 Å². The molecule has 0 bridgehead atoms. The number of anilines is 1. The molecule has 140 valence electrons. The number of aromatic nitrogens is 4. The second kappa shape index (κ2) is 6.20. The number of hydrogen-bond acceptors (Lipinski definition) is 5. The number of amides is 1. The first kappa shape index (κ1) is 17.2. The van der Waals surface area contributed by atoms with Crippen LogP contribution in [0.3, 0.4) is 0 Å². The maximum absolute atomic E-state index is 13.0. The summed E-state index contributed by atoms with van der Waals surface area (Å²) in [7, 11) is -3.58. The Balaban J connectivity index is 1.52. The number of aromatic amines is 1. The molecule has 0 spiro atoms. The van der Waals surface area contributed by atoms with E-state index in [2.05, 4.69) is 15.3 Å². The summed E-state index contributed by atoms with van der Waals surface area (Å²) in [6, 6.07) is -0.0382. The molecule has 4 rings (SSSR count). The third-order valence-electron chi connectivity index (χ3n) is 5.13. The van der Waals surface area contributed by atoms with Crippen LogP contribution >= 0.6 is 0 Å². The van der Waals surface area contributed by atoms with Crippen LogP contribution in [0.1, 0.15) is 36.7 Å². The summed E-state index contributed by atoms with van der Waals surface area (Å²) in [5.74, 6) is 0.117. The van der Waals surface area contributed by atoms with Gasteiger partial charge >= 0.3 is 0 Å². The van der Waals surface area contributed by atoms with Gasteiger partial charge < -0.3 is 4.90 Å². The minimum absolute atomic E-state index is 0.0382. The molecule has 0 radical (unpaired) electrons. The zero-order valence-corrected chi connectivity index (χ0v) is 15.7. The summed E-state index contributed by atoms with van der Waals surface area (Å²) in [5.41, 5.74) is 1.83. The predicted molar refractivity (Wildman–Crippen MR) is 94.3 cm³/mol. The first-order valence-corrected chi connectivity index (χ1v) is 10.2. The summed E-state index contributed by atoms with van der Waals surface area (Å²) in [6.07, 6.45) is 5.65. The standard InChI is InChI=1S/C16H22N6O3S/c1-11-16(12(2)19-18-11)26(24,25)20-7-5-13(9-20)22-10-14(8-17-22)21-6-3-4-15(21)23/h8,10,13H,3-7,9H2,1-2H3,(H,18,19). The van der Waals surface area contributed by atoms with Gasteiger partial charge in [0.05, 0.1) is 29.3 Å². The molecule has 2 aromatic heterocycles. The maximum atomic E-state index is 13.0. The summed E-state index contributed by atoms with van der Waals surface area (Å²) < 4.78 is 29.2. The van der Waals surface area contributed by atoms with E-state index in [9.17, 15) is 13.2 Å². The van der Waals surface area contributed by atoms with Crippen LogP contribution in [0.2, 0.25) is 0 Å². The Kier molecular flexibility index (Phi) is 4.11. The minimum atomic E-state index is -3.58. The van der Waals surface area contributed by atoms with Crippen LogP contribution in [0.25, 0.3) is 0 Å². The van der Waals surface area contributed by atoms with Crippen molar-refractivity contribution < 1.29 is 13.2 Å². The Morgan fingerprint density at radius 3 is 2.73 bits per heavy atom. The highest BCUT2D eigenvalue weighted by molar-refractivity contribution is 7.89. The van der Waals surface area contributed by atoms with Crippen molar-refractivity contribution in [1.29, 1.82) is 0 Å². The third kappa shape index (κ3) is 2.73. The van der Waals surface area contributed by atoms with Crippen molar-refractivity contribution in [3.8, 4) is 0 Å². The van der Waals surface area contributed by atoms with Gasteiger partial charge in [-0.3, -0.25) is 14.6 Å². The van der Waals surface area contributed by atoms with E-state index < -0.39 is 10.0 Å². The van der Waals surface area contributed by atoms with E-state index in [1.807, 2.05) is 6.20 Å². The number of sulfonamides is 1. The Bertz CT molecular complexity index is 928. The number of aryl methyl sites for hydroxylation is 2. The fraction of sp³-hybridized carbons (Fsp3) is 0.562. The van der Waals surface area contributed by atoms with E-state index in [0.29, 0.717) is 37.3 Å². The van der Waals surface area contributed by atoms with Crippen LogP contribution in [-0.4, -0.2) is 58.2 Å². The van der Waals surface area contributed by atoms with Crippen LogP contribution < -0.4 is 4.90 Å². The summed E-state index contributed by atoms with van der Waals surface area (Å²) in [5, 5.41) is 11.1. The van der Waals surface area contributed by atoms with E-state index in [-0.39, 0.29) is 16.8 Å². The molecule has 4 heterocycles. The van der Waals surface area contributed by atoms with E-state index >= 15 is 0 Å². The fourth-order valence-electron chi connectivity index (χ4n) is 3.78. The van der Waals surface area contributed by atoms with Crippen LogP contribution in [0, 0.1) is 13.8 Å². The molecule has 1 unspecified atom stereocenters. The molecule has 0 saturated carbocycles. The Labute approximate surface area is 152 Å². The van der Waals surface area contributed by atoms with Gasteiger partial charge in [0.1, 0.15) is 4.90 Å². The largest absolute Gasteiger partial charge is 0.309 e. The number of carbonyl (C=O) groups excluding carboxylic acids is 1. The van der Waals surface area contributed by atoms with E-state index in [1.54, 1.807) is 29.6 Å². The molecule has 2 saturated heterocycles. The smallest absolute Gasteiger partial charge is 0.246 e. The van der Waals surface area contributed by atoms with Gasteiger partial charge in [0.15, 0.2) is 0 Å². The molecule has 2 aromatic rings. The molecule has 0 aliphatic carbocycles. The molecule has 1 amide bonds. The molecule has 0 aromatic carbocycles. The fourth-order valence-corrected chi connectivity index (χ4v) is 5.61. The van der Waals surface area contributed by atoms with Gasteiger partial charge in [-0.25, -0.2) is 8.42 Å². The maximum Gasteiger partial charge on any atom is 0.246 e. The minimum Gasteiger partial charge on any atom is -0.309 e. The predicted octanol–water partition coefficient (Wildman–Crippen LogP) is 0.986. The van der Waals surface area contributed by atoms with Gasteiger partial charge in [-0.2, -0.15) is 14.5 Å². The van der Waals surface area contributed by atoms with Crippen molar-refractivity contribution in [1.82, 2.24) is 24.3 Å². The molecule has 10 heteroatoms. The van der Waals surface area contributed by atoms with Crippen LogP contribution in [-0.2, 0) is 14.8 Å². The summed E-state index contributed by atoms with van der Waals surface area (Å²) in [4.78, 5) is 13.9. The number of rotatable bonds is 4. The van der Waals surface area contributed by atoms with Crippen molar-refractivity contribution in [2.45, 2.75) is 44.0 Å². The Morgan fingerprint density at radius 1 is 1.27 bits per heavy atom. The second-order valence-corrected chi connectivity index (χ2v) is 8.77. The third-order valence-corrected chi connectivity index (χ3v) is 7.26. The first-order valence-electron chi connectivity index (χ1n) is 8.74. The molecule has 1 atom stereocenters. The molecule has 2 aliphatic heterocycles. The Morgan fingerprint density at radius 2 is 2.08 bits per heavy atom. The molecule has 9 nitrogen and oxygen atoms in total. The lowest BCUT2D eigenvalue weighted by atomic mass is 10.3. The summed E-state index contributed by atoms with van der Waals surface area (Å²) >= 11 is 0. The van der Waals surface area contributed by atoms with Gasteiger partial charge in [0.25, 0.3) is 0 Å². The molecule has 2 aliphatic rings. The Hall–Kier alpha value is -2.20. The molecule has 2 fully saturated rings. The van der Waals surface area contributed by atoms with Crippen molar-refractivity contribution in [2.75, 3.05) is 24.5 Å². The van der Waals surface area contributed by atoms with Crippen molar-refractivity contribution >= 4 is 21.6 Å². The first-order chi connectivity index (χ1) is 12.4. The van der Waals surface area contributed by atoms with Crippen molar-refractivity contribution in [2.24, 2.45) is 0 Å². The zero-order chi connectivity index (χ0) is 18.5. The highest BCUT2D eigenvalue weighted by Gasteiger charge is 2.36. The van der Waals surface area contributed by atoms with Gasteiger partial charge in [-0.1, -0.05) is 0 Å². The lowest BCUT2D eigenvalue weighted by Gasteiger charge is -2.17. The van der Waals surface area contributed by atoms with Crippen molar-refractivity contribution in [3.63, 3.8) is 0 Å². The zero-order valence-electron chi connectivity index (χ0n) is 14.8. The van der Waals surface area contributed by atoms with Gasteiger partial charge in [-0.05, 0) is 26.7 Å². The lowest BCUT2D eigenvalue weighted by Crippen LogP contribution is -2.30. The van der Waals surface area contributed by atoms with E-state index in [0.717, 1.165) is 18.7 Å². The molecule has 26 heavy (non-hydrogen) atoms. The van der Waals surface area contributed by atoms with Gasteiger partial charge in [0, 0.05) is 32.3 Å². The topological polar surface area (TPSA) is 104 Å². The monoisotopic (exact) mass is 378 g/mol. The van der Waals surface area contributed by atoms with Crippen molar-refractivity contribution in [3.05, 3.63) is 23.8 Å². The number of carbonyl (C=O) groups is 1. The van der Waals surface area contributed by atoms with E-state index in [1.165, 1.54) is 4.31 Å². The second-order valence-electron chi connectivity index (χ2n) is 6.90. The van der Waals surface area contributed by atoms with Crippen LogP contribution in [0.4, 0.5) is 5.69 Å². The highest BCUT2D eigenvalue weighted by Crippen LogP contribution is 2.30. The molecular weight excluding hydrogens is 356 g/mol. The summed E-state index contributed by atoms with van der Waals surface area (Å²) in [6.45, 7) is 4.93. The number of H-pyrrole nitrogens is 1. The highest BCUT2D eigenvalue weighted by atomic mass is 32.2. The van der Waals surface area contributed by atoms with Gasteiger partial charge in [-0.15, -0.1) is 0 Å². The average Bonchev–Trinajstić information content (AvgIpc) is 3.33. The number of nitrogens with zero attached hydrogens (tertiary/aromatic N) is 5. The quantitative estimate of drug-likeness (QED) is 0.854. The number of hydrogen-bond donors (Lipinski definition) is 1. The molecule has 1 N–H and O–H groups in total. The SMILES string of the molecule is Cc1n[nH]c(C)c1S(=O)(=O)N1CCC(n2cc(N3CCCC3=O)cn2)C1. The van der Waals surface area contributed by atoms with Gasteiger partial charge in [0.2, 0.25) is 15.9 Å². The molecular formula is C16H22N6O3S. The van der Waals surface area contributed by atoms with Crippen LogP contribution in [0.15, 0.2) is 17.3 Å². The lowest BCUT2D eigenvalue weighted by molar-refractivity contribution is -0.117. The van der Waals surface area contributed by atoms with Crippen LogP contribution in [0.5, 0.6) is 0 Å². The normalized spacial score (nSPS) is 21.8. The average molecular weight is 378 g/mol. The number of nitrogens with one attached hydrogen (secondary N) is 1.